The van der Waals surface area contributed by atoms with E-state index in [-0.39, 0.29) is 59.1 Å². The summed E-state index contributed by atoms with van der Waals surface area (Å²) in [7, 11) is -14.9. The molecule has 0 bridgehead atoms. The Kier molecular flexibility index (Phi) is 18.2. The maximum Gasteiger partial charge on any atom is 1.00 e. The fourth-order valence-electron chi connectivity index (χ4n) is 0.854. The molecule has 14 nitrogen and oxygen atoms in total. The molecular formula is C6H15Na2O14P3. The largest absolute Gasteiger partial charge is 1.00 e. The first-order valence-electron chi connectivity index (χ1n) is 5.55. The van der Waals surface area contributed by atoms with Gasteiger partial charge in [-0.3, -0.25) is 18.2 Å². The van der Waals surface area contributed by atoms with Crippen molar-refractivity contribution in [2.24, 2.45) is 0 Å². The molecule has 0 aliphatic rings. The molecule has 0 saturated heterocycles. The van der Waals surface area contributed by atoms with Gasteiger partial charge in [0.1, 0.15) is 12.2 Å². The Morgan fingerprint density at radius 2 is 0.920 bits per heavy atom. The van der Waals surface area contributed by atoms with Gasteiger partial charge in [-0.25, -0.2) is 4.57 Å². The molecule has 0 aromatic rings. The Morgan fingerprint density at radius 1 is 0.680 bits per heavy atom. The summed E-state index contributed by atoms with van der Waals surface area (Å²) in [5.41, 5.74) is 0. The number of phosphoric acid groups is 3. The van der Waals surface area contributed by atoms with Gasteiger partial charge in [-0.1, -0.05) is 0 Å². The van der Waals surface area contributed by atoms with Crippen molar-refractivity contribution in [3.63, 3.8) is 0 Å². The van der Waals surface area contributed by atoms with Gasteiger partial charge < -0.3 is 43.7 Å². The number of aliphatic hydroxyl groups is 2. The minimum absolute atomic E-state index is 0. The van der Waals surface area contributed by atoms with E-state index in [2.05, 4.69) is 18.1 Å². The van der Waals surface area contributed by atoms with Crippen molar-refractivity contribution < 1.29 is 126 Å². The number of phosphoric ester groups is 3. The Hall–Kier alpha value is 2.25. The summed E-state index contributed by atoms with van der Waals surface area (Å²) in [6.07, 6.45) is -3.41. The van der Waals surface area contributed by atoms with Crippen LogP contribution in [-0.2, 0) is 31.8 Å². The quantitative estimate of drug-likeness (QED) is 0.137. The molecule has 0 aromatic heterocycles. The third kappa shape index (κ3) is 22.4. The monoisotopic (exact) mass is 450 g/mol. The van der Waals surface area contributed by atoms with Crippen LogP contribution in [0.3, 0.4) is 0 Å². The van der Waals surface area contributed by atoms with E-state index in [0.29, 0.717) is 0 Å². The fourth-order valence-corrected chi connectivity index (χ4v) is 2.37. The van der Waals surface area contributed by atoms with Gasteiger partial charge >= 0.3 is 66.9 Å². The van der Waals surface area contributed by atoms with Crippen LogP contribution in [0.4, 0.5) is 0 Å². The maximum atomic E-state index is 11.3. The van der Waals surface area contributed by atoms with Crippen molar-refractivity contribution in [2.45, 2.75) is 12.2 Å². The zero-order valence-corrected chi connectivity index (χ0v) is 19.9. The molecule has 19 heteroatoms. The molecule has 0 radical (unpaired) electrons. The van der Waals surface area contributed by atoms with Crippen LogP contribution >= 0.6 is 23.5 Å². The average Bonchev–Trinajstić information content (AvgIpc) is 2.37. The molecule has 140 valence electrons. The van der Waals surface area contributed by atoms with E-state index >= 15 is 0 Å². The Bertz CT molecular complexity index is 451. The topological polar surface area (TPSA) is 235 Å². The predicted octanol–water partition coefficient (Wildman–Crippen LogP) is -9.20. The number of rotatable bonds is 12. The van der Waals surface area contributed by atoms with E-state index in [0.717, 1.165) is 0 Å². The maximum absolute atomic E-state index is 11.3. The number of hydrogen-bond acceptors (Lipinski definition) is 11. The first-order valence-corrected chi connectivity index (χ1v) is 10.0. The summed E-state index contributed by atoms with van der Waals surface area (Å²) in [6, 6.07) is 0. The van der Waals surface area contributed by atoms with E-state index in [1.54, 1.807) is 0 Å². The van der Waals surface area contributed by atoms with Crippen LogP contribution in [0.15, 0.2) is 0 Å². The normalized spacial score (nSPS) is 20.8. The van der Waals surface area contributed by atoms with Gasteiger partial charge in [-0.05, 0) is 0 Å². The van der Waals surface area contributed by atoms with Crippen molar-refractivity contribution in [1.82, 2.24) is 0 Å². The molecular weight excluding hydrogens is 435 g/mol. The minimum atomic E-state index is -5.08. The molecule has 0 amide bonds. The summed E-state index contributed by atoms with van der Waals surface area (Å²) in [6.45, 7) is -3.76. The minimum Gasteiger partial charge on any atom is -0.756 e. The summed E-state index contributed by atoms with van der Waals surface area (Å²) < 4.78 is 47.8. The van der Waals surface area contributed by atoms with E-state index in [9.17, 15) is 23.5 Å². The van der Waals surface area contributed by atoms with Crippen molar-refractivity contribution in [2.75, 3.05) is 26.4 Å². The molecule has 4 atom stereocenters. The molecule has 0 spiro atoms. The van der Waals surface area contributed by atoms with Crippen LogP contribution in [0, 0.1) is 0 Å². The first kappa shape index (κ1) is 31.9. The van der Waals surface area contributed by atoms with Crippen LogP contribution in [0.25, 0.3) is 0 Å². The van der Waals surface area contributed by atoms with Crippen molar-refractivity contribution in [1.29, 1.82) is 0 Å². The average molecular weight is 450 g/mol. The third-order valence-corrected chi connectivity index (χ3v) is 3.62. The predicted molar refractivity (Wildman–Crippen MR) is 65.3 cm³/mol. The molecule has 0 aliphatic heterocycles. The Morgan fingerprint density at radius 3 is 1.16 bits per heavy atom. The van der Waals surface area contributed by atoms with E-state index in [1.165, 1.54) is 0 Å². The summed E-state index contributed by atoms with van der Waals surface area (Å²) in [4.78, 5) is 46.1. The molecule has 0 rings (SSSR count). The van der Waals surface area contributed by atoms with Crippen LogP contribution in [0.2, 0.25) is 0 Å². The van der Waals surface area contributed by atoms with Crippen molar-refractivity contribution in [3.8, 4) is 0 Å². The van der Waals surface area contributed by atoms with Gasteiger partial charge in [0.05, 0.1) is 26.4 Å². The van der Waals surface area contributed by atoms with Crippen LogP contribution in [0.1, 0.15) is 0 Å². The number of hydrogen-bond donors (Lipinski definition) is 5. The van der Waals surface area contributed by atoms with Gasteiger partial charge in [0.15, 0.2) is 0 Å². The molecule has 0 fully saturated rings. The zero-order valence-electron chi connectivity index (χ0n) is 13.2. The van der Waals surface area contributed by atoms with Gasteiger partial charge in [-0.15, -0.1) is 0 Å². The summed E-state index contributed by atoms with van der Waals surface area (Å²) in [5, 5.41) is 18.3. The molecule has 25 heavy (non-hydrogen) atoms. The van der Waals surface area contributed by atoms with Crippen LogP contribution in [-0.4, -0.2) is 63.5 Å². The second-order valence-electron chi connectivity index (χ2n) is 3.90. The van der Waals surface area contributed by atoms with E-state index < -0.39 is 62.1 Å². The summed E-state index contributed by atoms with van der Waals surface area (Å²) in [5.74, 6) is 0. The van der Waals surface area contributed by atoms with E-state index in [1.807, 2.05) is 0 Å². The molecule has 4 unspecified atom stereocenters. The first-order chi connectivity index (χ1) is 10.2. The zero-order chi connectivity index (χ0) is 18.3. The Balaban J connectivity index is -0.00000242. The van der Waals surface area contributed by atoms with Gasteiger partial charge in [-0.2, -0.15) is 0 Å². The van der Waals surface area contributed by atoms with Crippen LogP contribution < -0.4 is 68.9 Å². The molecule has 0 aromatic carbocycles. The van der Waals surface area contributed by atoms with Gasteiger partial charge in [0.25, 0.3) is 15.6 Å². The van der Waals surface area contributed by atoms with Crippen LogP contribution in [0.5, 0.6) is 0 Å². The second kappa shape index (κ2) is 14.3. The molecule has 5 N–H and O–H groups in total. The number of aliphatic hydroxyl groups excluding tert-OH is 2. The van der Waals surface area contributed by atoms with Gasteiger partial charge in [0, 0.05) is 0 Å². The summed E-state index contributed by atoms with van der Waals surface area (Å²) >= 11 is 0. The van der Waals surface area contributed by atoms with Crippen molar-refractivity contribution >= 4 is 23.5 Å². The second-order valence-corrected chi connectivity index (χ2v) is 7.74. The molecule has 0 heterocycles. The van der Waals surface area contributed by atoms with Gasteiger partial charge in [0.2, 0.25) is 0 Å². The molecule has 0 saturated carbocycles. The Labute approximate surface area is 186 Å². The third-order valence-electron chi connectivity index (χ3n) is 1.72. The molecule has 0 aliphatic carbocycles. The van der Waals surface area contributed by atoms with E-state index in [4.69, 9.17) is 24.9 Å². The van der Waals surface area contributed by atoms with Crippen molar-refractivity contribution in [3.05, 3.63) is 0 Å². The standard InChI is InChI=1S/C6H17O14P3.2Na/c7-5(1-17-21(9,10)11)3-19-23(15,16)20-4-6(8)2-18-22(12,13)14;;/h5-8H,1-4H2,(H,15,16)(H2,9,10,11)(H2,12,13,14);;/q;2*+1/p-2. The smallest absolute Gasteiger partial charge is 0.756 e. The SMILES string of the molecule is O=P([O-])(O)OCC(O)COP(=O)(O)OCC(O)COP(=O)([O-])O.[Na+].[Na+]. The fraction of sp³-hybridized carbons (Fsp3) is 1.00.